The number of methoxy groups -OCH3 is 3. The average Bonchev–Trinajstić information content (AvgIpc) is 2.84. The topological polar surface area (TPSA) is 85.4 Å². The van der Waals surface area contributed by atoms with Crippen LogP contribution in [0, 0.1) is 19.8 Å². The lowest BCUT2D eigenvalue weighted by Crippen LogP contribution is -2.45. The third-order valence-electron chi connectivity index (χ3n) is 6.22. The zero-order valence-corrected chi connectivity index (χ0v) is 21.6. The molecule has 34 heavy (non-hydrogen) atoms. The van der Waals surface area contributed by atoms with Gasteiger partial charge < -0.3 is 19.1 Å². The van der Waals surface area contributed by atoms with Gasteiger partial charge in [-0.2, -0.15) is 4.31 Å². The number of sulfonamides is 1. The molecule has 0 saturated carbocycles. The van der Waals surface area contributed by atoms with Crippen molar-refractivity contribution in [2.45, 2.75) is 38.1 Å². The van der Waals surface area contributed by atoms with Crippen LogP contribution in [-0.4, -0.2) is 65.0 Å². The fourth-order valence-electron chi connectivity index (χ4n) is 4.38. The quantitative estimate of drug-likeness (QED) is 0.564. The Morgan fingerprint density at radius 2 is 1.71 bits per heavy atom. The summed E-state index contributed by atoms with van der Waals surface area (Å²) in [5.74, 6) is 1.03. The highest BCUT2D eigenvalue weighted by molar-refractivity contribution is 7.89. The number of ether oxygens (including phenoxy) is 3. The second-order valence-corrected chi connectivity index (χ2v) is 10.6. The van der Waals surface area contributed by atoms with Crippen LogP contribution in [0.4, 0.5) is 0 Å². The monoisotopic (exact) mass is 490 g/mol. The Balaban J connectivity index is 1.77. The van der Waals surface area contributed by atoms with Crippen molar-refractivity contribution in [3.05, 3.63) is 47.0 Å². The molecule has 1 atom stereocenters. The predicted molar refractivity (Wildman–Crippen MR) is 130 cm³/mol. The molecule has 0 bridgehead atoms. The lowest BCUT2D eigenvalue weighted by molar-refractivity contribution is -0.135. The Hall–Kier alpha value is -2.78. The summed E-state index contributed by atoms with van der Waals surface area (Å²) in [6.45, 7) is 4.59. The minimum Gasteiger partial charge on any atom is -0.493 e. The van der Waals surface area contributed by atoms with Gasteiger partial charge in [-0.15, -0.1) is 0 Å². The van der Waals surface area contributed by atoms with Crippen LogP contribution in [0.5, 0.6) is 17.2 Å². The number of carbonyl (C=O) groups excluding carboxylic acids is 1. The first-order valence-corrected chi connectivity index (χ1v) is 12.7. The summed E-state index contributed by atoms with van der Waals surface area (Å²) in [5.41, 5.74) is 2.42. The summed E-state index contributed by atoms with van der Waals surface area (Å²) in [5, 5.41) is 0. The number of hydrogen-bond donors (Lipinski definition) is 0. The first-order valence-electron chi connectivity index (χ1n) is 11.2. The largest absolute Gasteiger partial charge is 0.493 e. The molecule has 186 valence electrons. The summed E-state index contributed by atoms with van der Waals surface area (Å²) in [4.78, 5) is 15.2. The van der Waals surface area contributed by atoms with Crippen molar-refractivity contribution in [1.82, 2.24) is 9.21 Å². The number of piperidine rings is 1. The average molecular weight is 491 g/mol. The number of rotatable bonds is 8. The Kier molecular flexibility index (Phi) is 8.09. The number of amides is 1. The summed E-state index contributed by atoms with van der Waals surface area (Å²) in [6, 6.07) is 9.04. The zero-order chi connectivity index (χ0) is 25.0. The Morgan fingerprint density at radius 3 is 2.29 bits per heavy atom. The normalized spacial score (nSPS) is 16.7. The second-order valence-electron chi connectivity index (χ2n) is 8.70. The van der Waals surface area contributed by atoms with E-state index in [0.717, 1.165) is 11.1 Å². The van der Waals surface area contributed by atoms with Gasteiger partial charge in [0.25, 0.3) is 0 Å². The fourth-order valence-corrected chi connectivity index (χ4v) is 6.21. The molecule has 3 rings (SSSR count). The van der Waals surface area contributed by atoms with Crippen LogP contribution < -0.4 is 14.2 Å². The van der Waals surface area contributed by atoms with Gasteiger partial charge in [-0.1, -0.05) is 12.1 Å². The van der Waals surface area contributed by atoms with Gasteiger partial charge in [-0.3, -0.25) is 4.79 Å². The van der Waals surface area contributed by atoms with Crippen LogP contribution in [0.2, 0.25) is 0 Å². The van der Waals surface area contributed by atoms with E-state index in [1.54, 1.807) is 39.2 Å². The van der Waals surface area contributed by atoms with Crippen LogP contribution >= 0.6 is 0 Å². The third kappa shape index (κ3) is 5.31. The summed E-state index contributed by atoms with van der Waals surface area (Å²) >= 11 is 0. The number of aryl methyl sites for hydroxylation is 2. The van der Waals surface area contributed by atoms with E-state index in [2.05, 4.69) is 0 Å². The number of carbonyl (C=O) groups is 1. The highest BCUT2D eigenvalue weighted by Crippen LogP contribution is 2.38. The van der Waals surface area contributed by atoms with E-state index in [1.165, 1.54) is 11.4 Å². The molecule has 1 heterocycles. The number of benzene rings is 2. The molecule has 9 heteroatoms. The first-order chi connectivity index (χ1) is 16.1. The van der Waals surface area contributed by atoms with E-state index in [-0.39, 0.29) is 12.5 Å². The van der Waals surface area contributed by atoms with Gasteiger partial charge in [0.2, 0.25) is 21.7 Å². The molecular weight excluding hydrogens is 456 g/mol. The fraction of sp³-hybridized carbons (Fsp3) is 0.480. The van der Waals surface area contributed by atoms with Gasteiger partial charge in [0.15, 0.2) is 11.5 Å². The van der Waals surface area contributed by atoms with Gasteiger partial charge in [0.05, 0.1) is 32.1 Å². The van der Waals surface area contributed by atoms with E-state index >= 15 is 0 Å². The molecule has 0 N–H and O–H groups in total. The molecule has 0 aliphatic carbocycles. The third-order valence-corrected chi connectivity index (χ3v) is 8.22. The predicted octanol–water partition coefficient (Wildman–Crippen LogP) is 3.39. The Labute approximate surface area is 202 Å². The Bertz CT molecular complexity index is 1120. The minimum absolute atomic E-state index is 0.0883. The smallest absolute Gasteiger partial charge is 0.243 e. The van der Waals surface area contributed by atoms with Crippen molar-refractivity contribution in [2.24, 2.45) is 5.92 Å². The molecule has 1 unspecified atom stereocenters. The van der Waals surface area contributed by atoms with Gasteiger partial charge >= 0.3 is 0 Å². The van der Waals surface area contributed by atoms with Crippen LogP contribution in [0.3, 0.4) is 0 Å². The number of nitrogens with zero attached hydrogens (tertiary/aromatic N) is 2. The molecule has 0 aromatic heterocycles. The Morgan fingerprint density at radius 1 is 1.06 bits per heavy atom. The van der Waals surface area contributed by atoms with Crippen molar-refractivity contribution in [1.29, 1.82) is 0 Å². The van der Waals surface area contributed by atoms with Crippen molar-refractivity contribution in [3.63, 3.8) is 0 Å². The molecule has 8 nitrogen and oxygen atoms in total. The molecule has 2 aromatic carbocycles. The molecule has 0 radical (unpaired) electrons. The molecule has 1 amide bonds. The van der Waals surface area contributed by atoms with Crippen LogP contribution in [0.25, 0.3) is 0 Å². The molecule has 1 aliphatic heterocycles. The SMILES string of the molecule is COc1cc(CN(C)C(=O)C2CCCN(S(=O)(=O)c3cc(C)ccc3C)C2)cc(OC)c1OC. The van der Waals surface area contributed by atoms with Gasteiger partial charge in [0, 0.05) is 26.7 Å². The van der Waals surface area contributed by atoms with E-state index in [1.807, 2.05) is 31.2 Å². The van der Waals surface area contributed by atoms with Crippen molar-refractivity contribution in [2.75, 3.05) is 41.5 Å². The van der Waals surface area contributed by atoms with Gasteiger partial charge in [-0.05, 0) is 61.6 Å². The van der Waals surface area contributed by atoms with Crippen molar-refractivity contribution < 1.29 is 27.4 Å². The molecule has 1 aliphatic rings. The lowest BCUT2D eigenvalue weighted by atomic mass is 9.98. The lowest BCUT2D eigenvalue weighted by Gasteiger charge is -2.33. The van der Waals surface area contributed by atoms with Crippen molar-refractivity contribution >= 4 is 15.9 Å². The van der Waals surface area contributed by atoms with Gasteiger partial charge in [-0.25, -0.2) is 8.42 Å². The van der Waals surface area contributed by atoms with E-state index < -0.39 is 15.9 Å². The van der Waals surface area contributed by atoms with E-state index in [9.17, 15) is 13.2 Å². The molecular formula is C25H34N2O6S. The number of hydrogen-bond acceptors (Lipinski definition) is 6. The van der Waals surface area contributed by atoms with E-state index in [0.29, 0.717) is 53.6 Å². The molecule has 1 fully saturated rings. The second kappa shape index (κ2) is 10.7. The first kappa shape index (κ1) is 25.8. The zero-order valence-electron chi connectivity index (χ0n) is 20.8. The van der Waals surface area contributed by atoms with Crippen molar-refractivity contribution in [3.8, 4) is 17.2 Å². The maximum Gasteiger partial charge on any atom is 0.243 e. The standard InChI is InChI=1S/C25H34N2O6S/c1-17-9-10-18(2)23(12-17)34(29,30)27-11-7-8-20(16-27)25(28)26(3)15-19-13-21(31-4)24(33-6)22(14-19)32-5/h9-10,12-14,20H,7-8,11,15-16H2,1-6H3. The van der Waals surface area contributed by atoms with Crippen LogP contribution in [0.15, 0.2) is 35.2 Å². The van der Waals surface area contributed by atoms with Gasteiger partial charge in [0.1, 0.15) is 0 Å². The summed E-state index contributed by atoms with van der Waals surface area (Å²) in [6.07, 6.45) is 1.29. The van der Waals surface area contributed by atoms with E-state index in [4.69, 9.17) is 14.2 Å². The van der Waals surface area contributed by atoms with Crippen LogP contribution in [-0.2, 0) is 21.4 Å². The molecule has 2 aromatic rings. The maximum absolute atomic E-state index is 13.4. The highest BCUT2D eigenvalue weighted by Gasteiger charge is 2.35. The van der Waals surface area contributed by atoms with Crippen LogP contribution in [0.1, 0.15) is 29.5 Å². The molecule has 1 saturated heterocycles. The molecule has 0 spiro atoms. The maximum atomic E-state index is 13.4. The highest BCUT2D eigenvalue weighted by atomic mass is 32.2. The minimum atomic E-state index is -3.68. The summed E-state index contributed by atoms with van der Waals surface area (Å²) < 4.78 is 44.3. The summed E-state index contributed by atoms with van der Waals surface area (Å²) in [7, 11) is 2.68.